The van der Waals surface area contributed by atoms with Crippen molar-refractivity contribution < 1.29 is 19.1 Å². The summed E-state index contributed by atoms with van der Waals surface area (Å²) in [5, 5.41) is 0. The highest BCUT2D eigenvalue weighted by Gasteiger charge is 2.37. The van der Waals surface area contributed by atoms with Crippen LogP contribution in [0.2, 0.25) is 0 Å². The van der Waals surface area contributed by atoms with Crippen molar-refractivity contribution in [3.8, 4) is 0 Å². The van der Waals surface area contributed by atoms with Crippen LogP contribution in [0, 0.1) is 29.1 Å². The summed E-state index contributed by atoms with van der Waals surface area (Å²) in [5.74, 6) is 1.01. The Balaban J connectivity index is 5.20. The number of carbonyl (C=O) groups excluding carboxylic acids is 2. The first kappa shape index (κ1) is 23.9. The molecule has 0 rings (SSSR count). The average Bonchev–Trinajstić information content (AvgIpc) is 2.41. The van der Waals surface area contributed by atoms with Crippen LogP contribution in [-0.4, -0.2) is 25.2 Å². The highest BCUT2D eigenvalue weighted by atomic mass is 16.5. The molecule has 0 aliphatic rings. The van der Waals surface area contributed by atoms with Gasteiger partial charge in [-0.25, -0.2) is 0 Å². The summed E-state index contributed by atoms with van der Waals surface area (Å²) in [5.41, 5.74) is -0.384. The molecule has 0 aromatic carbocycles. The quantitative estimate of drug-likeness (QED) is 0.449. The molecule has 0 aliphatic carbocycles. The van der Waals surface area contributed by atoms with E-state index in [0.29, 0.717) is 36.9 Å². The van der Waals surface area contributed by atoms with Crippen LogP contribution in [0.3, 0.4) is 0 Å². The maximum atomic E-state index is 12.4. The van der Waals surface area contributed by atoms with Crippen LogP contribution < -0.4 is 0 Å². The zero-order valence-electron chi connectivity index (χ0n) is 17.7. The van der Waals surface area contributed by atoms with Crippen LogP contribution in [0.25, 0.3) is 0 Å². The van der Waals surface area contributed by atoms with Gasteiger partial charge in [0, 0.05) is 0 Å². The number of carbonyl (C=O) groups is 2. The van der Waals surface area contributed by atoms with Gasteiger partial charge in [-0.3, -0.25) is 9.59 Å². The van der Waals surface area contributed by atoms with E-state index in [2.05, 4.69) is 27.7 Å². The molecule has 0 aromatic heterocycles. The van der Waals surface area contributed by atoms with Crippen molar-refractivity contribution in [1.82, 2.24) is 0 Å². The Labute approximate surface area is 155 Å². The van der Waals surface area contributed by atoms with Crippen molar-refractivity contribution >= 4 is 11.9 Å². The van der Waals surface area contributed by atoms with Gasteiger partial charge in [0.2, 0.25) is 0 Å². The van der Waals surface area contributed by atoms with Gasteiger partial charge in [0.05, 0.1) is 26.1 Å². The van der Waals surface area contributed by atoms with E-state index in [-0.39, 0.29) is 30.2 Å². The maximum absolute atomic E-state index is 12.4. The van der Waals surface area contributed by atoms with E-state index in [0.717, 1.165) is 12.8 Å². The Morgan fingerprint density at radius 3 is 1.20 bits per heavy atom. The van der Waals surface area contributed by atoms with Crippen LogP contribution in [0.15, 0.2) is 0 Å². The van der Waals surface area contributed by atoms with E-state index in [1.165, 1.54) is 0 Å². The molecule has 0 fully saturated rings. The first-order valence-electron chi connectivity index (χ1n) is 9.77. The summed E-state index contributed by atoms with van der Waals surface area (Å²) in [6, 6.07) is 0. The fraction of sp³-hybridized carbons (Fsp3) is 0.905. The molecule has 0 saturated carbocycles. The predicted molar refractivity (Wildman–Crippen MR) is 102 cm³/mol. The Bertz CT molecular complexity index is 359. The minimum Gasteiger partial charge on any atom is -0.465 e. The Morgan fingerprint density at radius 2 is 0.960 bits per heavy atom. The molecule has 0 unspecified atom stereocenters. The first-order valence-corrected chi connectivity index (χ1v) is 9.77. The first-order chi connectivity index (χ1) is 11.5. The molecule has 0 aromatic rings. The second-order valence-electron chi connectivity index (χ2n) is 9.20. The van der Waals surface area contributed by atoms with Crippen molar-refractivity contribution in [3.05, 3.63) is 0 Å². The summed E-state index contributed by atoms with van der Waals surface area (Å²) in [7, 11) is 0. The molecule has 0 saturated heterocycles. The van der Waals surface area contributed by atoms with Gasteiger partial charge in [0.1, 0.15) is 0 Å². The van der Waals surface area contributed by atoms with Gasteiger partial charge in [-0.15, -0.1) is 0 Å². The van der Waals surface area contributed by atoms with E-state index in [1.54, 1.807) is 0 Å². The highest BCUT2D eigenvalue weighted by molar-refractivity contribution is 5.74. The van der Waals surface area contributed by atoms with E-state index >= 15 is 0 Å². The molecule has 4 heteroatoms. The lowest BCUT2D eigenvalue weighted by molar-refractivity contribution is -0.153. The molecule has 0 N–H and O–H groups in total. The van der Waals surface area contributed by atoms with Gasteiger partial charge in [0.15, 0.2) is 0 Å². The highest BCUT2D eigenvalue weighted by Crippen LogP contribution is 2.41. The smallest absolute Gasteiger partial charge is 0.306 e. The molecule has 0 radical (unpaired) electrons. The van der Waals surface area contributed by atoms with Crippen LogP contribution in [0.5, 0.6) is 0 Å². The summed E-state index contributed by atoms with van der Waals surface area (Å²) in [6.45, 7) is 17.5. The van der Waals surface area contributed by atoms with E-state index in [1.807, 2.05) is 27.7 Å². The van der Waals surface area contributed by atoms with Crippen LogP contribution in [0.1, 0.15) is 81.1 Å². The van der Waals surface area contributed by atoms with Gasteiger partial charge < -0.3 is 9.47 Å². The number of hydrogen-bond acceptors (Lipinski definition) is 4. The molecule has 0 aliphatic heterocycles. The van der Waals surface area contributed by atoms with Gasteiger partial charge in [-0.05, 0) is 41.9 Å². The monoisotopic (exact) mass is 356 g/mol. The van der Waals surface area contributed by atoms with Gasteiger partial charge in [-0.2, -0.15) is 0 Å². The Hall–Kier alpha value is -1.06. The molecule has 4 nitrogen and oxygen atoms in total. The molecule has 25 heavy (non-hydrogen) atoms. The normalized spacial score (nSPS) is 12.3. The van der Waals surface area contributed by atoms with Crippen LogP contribution >= 0.6 is 0 Å². The lowest BCUT2D eigenvalue weighted by atomic mass is 9.69. The second kappa shape index (κ2) is 11.5. The van der Waals surface area contributed by atoms with Crippen molar-refractivity contribution in [3.63, 3.8) is 0 Å². The third-order valence-electron chi connectivity index (χ3n) is 3.88. The molecule has 0 amide bonds. The molecule has 0 heterocycles. The summed E-state index contributed by atoms with van der Waals surface area (Å²) in [6.07, 6.45) is 2.21. The molecule has 0 atom stereocenters. The number of hydrogen-bond donors (Lipinski definition) is 0. The zero-order chi connectivity index (χ0) is 19.6. The summed E-state index contributed by atoms with van der Waals surface area (Å²) < 4.78 is 10.8. The largest absolute Gasteiger partial charge is 0.465 e. The molecular weight excluding hydrogens is 316 g/mol. The fourth-order valence-electron chi connectivity index (χ4n) is 3.40. The SMILES string of the molecule is CC(C)COC(=O)CC(CC(=O)OCC(C)C)(CC(C)C)CC(C)C. The predicted octanol–water partition coefficient (Wildman–Crippen LogP) is 5.24. The molecule has 0 spiro atoms. The van der Waals surface area contributed by atoms with Gasteiger partial charge in [-0.1, -0.05) is 55.4 Å². The van der Waals surface area contributed by atoms with E-state index < -0.39 is 0 Å². The minimum absolute atomic E-state index is 0.202. The standard InChI is InChI=1S/C21H40O4/c1-15(2)9-21(10-16(3)4,11-19(22)24-13-17(5)6)12-20(23)25-14-18(7)8/h15-18H,9-14H2,1-8H3. The maximum Gasteiger partial charge on any atom is 0.306 e. The topological polar surface area (TPSA) is 52.6 Å². The summed E-state index contributed by atoms with van der Waals surface area (Å²) >= 11 is 0. The van der Waals surface area contributed by atoms with Crippen molar-refractivity contribution in [2.75, 3.05) is 13.2 Å². The average molecular weight is 357 g/mol. The molecule has 148 valence electrons. The molecule has 0 bridgehead atoms. The Morgan fingerprint density at radius 1 is 0.640 bits per heavy atom. The van der Waals surface area contributed by atoms with Gasteiger partial charge >= 0.3 is 11.9 Å². The van der Waals surface area contributed by atoms with E-state index in [9.17, 15) is 9.59 Å². The van der Waals surface area contributed by atoms with Gasteiger partial charge in [0.25, 0.3) is 0 Å². The van der Waals surface area contributed by atoms with Crippen molar-refractivity contribution in [2.24, 2.45) is 29.1 Å². The number of ether oxygens (including phenoxy) is 2. The zero-order valence-corrected chi connectivity index (χ0v) is 17.7. The summed E-state index contributed by atoms with van der Waals surface area (Å²) in [4.78, 5) is 24.8. The third-order valence-corrected chi connectivity index (χ3v) is 3.88. The molecular formula is C21H40O4. The second-order valence-corrected chi connectivity index (χ2v) is 9.20. The third kappa shape index (κ3) is 12.0. The number of esters is 2. The van der Waals surface area contributed by atoms with Crippen molar-refractivity contribution in [1.29, 1.82) is 0 Å². The van der Waals surface area contributed by atoms with Crippen molar-refractivity contribution in [2.45, 2.75) is 81.1 Å². The fourth-order valence-corrected chi connectivity index (χ4v) is 3.40. The lowest BCUT2D eigenvalue weighted by Gasteiger charge is -2.35. The van der Waals surface area contributed by atoms with E-state index in [4.69, 9.17) is 9.47 Å². The van der Waals surface area contributed by atoms with Crippen LogP contribution in [-0.2, 0) is 19.1 Å². The Kier molecular flexibility index (Phi) is 11.0. The lowest BCUT2D eigenvalue weighted by Crippen LogP contribution is -2.33. The number of rotatable bonds is 12. The minimum atomic E-state index is -0.384. The van der Waals surface area contributed by atoms with Crippen LogP contribution in [0.4, 0.5) is 0 Å².